The fraction of sp³-hybridized carbons (Fsp3) is 0.458. The van der Waals surface area contributed by atoms with E-state index in [-0.39, 0.29) is 17.4 Å². The number of nitrogen functional groups attached to an aromatic ring is 1. The molecule has 5 rings (SSSR count). The molecule has 162 valence electrons. The molecule has 2 aromatic heterocycles. The van der Waals surface area contributed by atoms with Crippen LogP contribution in [0.3, 0.4) is 0 Å². The lowest BCUT2D eigenvalue weighted by atomic mass is 9.80. The van der Waals surface area contributed by atoms with Gasteiger partial charge in [-0.1, -0.05) is 36.3 Å². The third-order valence-electron chi connectivity index (χ3n) is 7.00. The molecule has 1 atom stereocenters. The second kappa shape index (κ2) is 7.96. The number of pyridine rings is 1. The molecule has 1 aliphatic carbocycles. The Morgan fingerprint density at radius 1 is 1.13 bits per heavy atom. The van der Waals surface area contributed by atoms with E-state index in [4.69, 9.17) is 15.2 Å². The highest BCUT2D eigenvalue weighted by Gasteiger charge is 2.50. The van der Waals surface area contributed by atoms with Gasteiger partial charge in [0.2, 0.25) is 0 Å². The SMILES string of the molecule is CCC1(C(c2ccc(-c3ccc(N)nc3)cc2)c2noc(N3CCC(O)CC3)n2)CC1. The molecule has 0 radical (unpaired) electrons. The van der Waals surface area contributed by atoms with Crippen molar-refractivity contribution in [3.8, 4) is 11.1 Å². The standard InChI is InChI=1S/C24H29N5O2/c1-2-24(11-12-24)21(22-27-23(31-28-22)29-13-9-19(30)10-14-29)17-5-3-16(4-6-17)18-7-8-20(25)26-15-18/h3-8,15,19,21,30H,2,9-14H2,1H3,(H2,25,26). The topological polar surface area (TPSA) is 101 Å². The zero-order valence-corrected chi connectivity index (χ0v) is 17.9. The Morgan fingerprint density at radius 3 is 2.45 bits per heavy atom. The minimum absolute atomic E-state index is 0.115. The molecular formula is C24H29N5O2. The summed E-state index contributed by atoms with van der Waals surface area (Å²) in [6.07, 6.45) is 6.49. The number of nitrogens with zero attached hydrogens (tertiary/aromatic N) is 4. The summed E-state index contributed by atoms with van der Waals surface area (Å²) in [5.41, 5.74) is 9.28. The molecule has 1 saturated carbocycles. The maximum absolute atomic E-state index is 9.78. The Labute approximate surface area is 182 Å². The van der Waals surface area contributed by atoms with Crippen LogP contribution in [0.25, 0.3) is 11.1 Å². The highest BCUT2D eigenvalue weighted by molar-refractivity contribution is 5.64. The van der Waals surface area contributed by atoms with Gasteiger partial charge in [-0.3, -0.25) is 0 Å². The number of nitrogens with two attached hydrogens (primary N) is 1. The van der Waals surface area contributed by atoms with Crippen molar-refractivity contribution >= 4 is 11.8 Å². The summed E-state index contributed by atoms with van der Waals surface area (Å²) in [6.45, 7) is 3.74. The van der Waals surface area contributed by atoms with Crippen LogP contribution >= 0.6 is 0 Å². The maximum Gasteiger partial charge on any atom is 0.324 e. The van der Waals surface area contributed by atoms with E-state index in [1.165, 1.54) is 18.4 Å². The molecule has 3 N–H and O–H groups in total. The average molecular weight is 420 g/mol. The van der Waals surface area contributed by atoms with Gasteiger partial charge in [0, 0.05) is 24.8 Å². The lowest BCUT2D eigenvalue weighted by Gasteiger charge is -2.27. The Morgan fingerprint density at radius 2 is 1.84 bits per heavy atom. The first-order valence-electron chi connectivity index (χ1n) is 11.2. The molecular weight excluding hydrogens is 390 g/mol. The van der Waals surface area contributed by atoms with E-state index in [0.29, 0.717) is 11.8 Å². The van der Waals surface area contributed by atoms with E-state index in [9.17, 15) is 5.11 Å². The molecule has 3 aromatic rings. The van der Waals surface area contributed by atoms with E-state index in [1.807, 2.05) is 12.1 Å². The van der Waals surface area contributed by atoms with Gasteiger partial charge in [-0.25, -0.2) is 4.98 Å². The van der Waals surface area contributed by atoms with Gasteiger partial charge in [-0.15, -0.1) is 0 Å². The monoisotopic (exact) mass is 419 g/mol. The Hall–Kier alpha value is -2.93. The number of piperidine rings is 1. The number of hydrogen-bond acceptors (Lipinski definition) is 7. The van der Waals surface area contributed by atoms with E-state index in [0.717, 1.165) is 49.3 Å². The first-order chi connectivity index (χ1) is 15.1. The van der Waals surface area contributed by atoms with Crippen LogP contribution in [0, 0.1) is 5.41 Å². The number of anilines is 2. The van der Waals surface area contributed by atoms with Crippen LogP contribution in [0.1, 0.15) is 56.3 Å². The van der Waals surface area contributed by atoms with Gasteiger partial charge in [0.05, 0.1) is 12.0 Å². The van der Waals surface area contributed by atoms with Gasteiger partial charge in [-0.05, 0) is 60.8 Å². The van der Waals surface area contributed by atoms with Crippen molar-refractivity contribution < 1.29 is 9.63 Å². The van der Waals surface area contributed by atoms with Gasteiger partial charge in [0.15, 0.2) is 5.82 Å². The second-order valence-electron chi connectivity index (χ2n) is 8.90. The summed E-state index contributed by atoms with van der Waals surface area (Å²) in [7, 11) is 0. The van der Waals surface area contributed by atoms with Crippen LogP contribution in [0.15, 0.2) is 47.1 Å². The Balaban J connectivity index is 1.43. The Kier molecular flexibility index (Phi) is 5.14. The molecule has 0 bridgehead atoms. The fourth-order valence-electron chi connectivity index (χ4n) is 4.76. The van der Waals surface area contributed by atoms with Gasteiger partial charge in [-0.2, -0.15) is 4.98 Å². The van der Waals surface area contributed by atoms with Crippen LogP contribution in [-0.4, -0.2) is 39.4 Å². The molecule has 0 amide bonds. The maximum atomic E-state index is 9.78. The highest BCUT2D eigenvalue weighted by atomic mass is 16.5. The van der Waals surface area contributed by atoms with Crippen LogP contribution in [0.4, 0.5) is 11.8 Å². The summed E-state index contributed by atoms with van der Waals surface area (Å²) in [4.78, 5) is 11.1. The number of hydrogen-bond donors (Lipinski definition) is 2. The van der Waals surface area contributed by atoms with E-state index in [1.54, 1.807) is 6.20 Å². The summed E-state index contributed by atoms with van der Waals surface area (Å²) >= 11 is 0. The molecule has 1 unspecified atom stereocenters. The second-order valence-corrected chi connectivity index (χ2v) is 8.90. The minimum atomic E-state index is -0.226. The van der Waals surface area contributed by atoms with E-state index >= 15 is 0 Å². The van der Waals surface area contributed by atoms with Crippen LogP contribution in [-0.2, 0) is 0 Å². The predicted octanol–water partition coefficient (Wildman–Crippen LogP) is 4.00. The molecule has 7 nitrogen and oxygen atoms in total. The molecule has 1 saturated heterocycles. The number of aliphatic hydroxyl groups excluding tert-OH is 1. The largest absolute Gasteiger partial charge is 0.393 e. The van der Waals surface area contributed by atoms with E-state index < -0.39 is 0 Å². The third kappa shape index (κ3) is 3.90. The summed E-state index contributed by atoms with van der Waals surface area (Å²) in [6, 6.07) is 13.0. The van der Waals surface area contributed by atoms with E-state index in [2.05, 4.69) is 46.2 Å². The Bertz CT molecular complexity index is 1020. The van der Waals surface area contributed by atoms with Crippen LogP contribution in [0.5, 0.6) is 0 Å². The van der Waals surface area contributed by atoms with Gasteiger partial charge < -0.3 is 20.3 Å². The summed E-state index contributed by atoms with van der Waals surface area (Å²) < 4.78 is 5.68. The number of rotatable bonds is 6. The third-order valence-corrected chi connectivity index (χ3v) is 7.00. The van der Waals surface area contributed by atoms with Gasteiger partial charge in [0.1, 0.15) is 5.82 Å². The van der Waals surface area contributed by atoms with Crippen molar-refractivity contribution in [2.45, 2.75) is 51.0 Å². The molecule has 0 spiro atoms. The number of aromatic nitrogens is 3. The zero-order valence-electron chi connectivity index (χ0n) is 17.9. The first-order valence-corrected chi connectivity index (χ1v) is 11.2. The highest BCUT2D eigenvalue weighted by Crippen LogP contribution is 2.60. The smallest absolute Gasteiger partial charge is 0.324 e. The molecule has 3 heterocycles. The average Bonchev–Trinajstić information content (AvgIpc) is 3.44. The predicted molar refractivity (Wildman–Crippen MR) is 120 cm³/mol. The zero-order chi connectivity index (χ0) is 21.4. The molecule has 31 heavy (non-hydrogen) atoms. The fourth-order valence-corrected chi connectivity index (χ4v) is 4.76. The van der Waals surface area contributed by atoms with Crippen molar-refractivity contribution in [2.75, 3.05) is 23.7 Å². The molecule has 1 aromatic carbocycles. The quantitative estimate of drug-likeness (QED) is 0.623. The first kappa shape index (κ1) is 20.0. The summed E-state index contributed by atoms with van der Waals surface area (Å²) in [5.74, 6) is 1.40. The summed E-state index contributed by atoms with van der Waals surface area (Å²) in [5, 5.41) is 14.2. The normalized spacial score (nSPS) is 19.4. The molecule has 2 aliphatic rings. The minimum Gasteiger partial charge on any atom is -0.393 e. The van der Waals surface area contributed by atoms with Crippen LogP contribution in [0.2, 0.25) is 0 Å². The van der Waals surface area contributed by atoms with Gasteiger partial charge >= 0.3 is 6.01 Å². The molecule has 7 heteroatoms. The lowest BCUT2D eigenvalue weighted by Crippen LogP contribution is -2.36. The lowest BCUT2D eigenvalue weighted by molar-refractivity contribution is 0.143. The van der Waals surface area contributed by atoms with Crippen molar-refractivity contribution in [3.63, 3.8) is 0 Å². The van der Waals surface area contributed by atoms with Gasteiger partial charge in [0.25, 0.3) is 0 Å². The van der Waals surface area contributed by atoms with Crippen molar-refractivity contribution in [3.05, 3.63) is 54.0 Å². The van der Waals surface area contributed by atoms with Crippen molar-refractivity contribution in [1.29, 1.82) is 0 Å². The van der Waals surface area contributed by atoms with Crippen molar-refractivity contribution in [1.82, 2.24) is 15.1 Å². The molecule has 2 fully saturated rings. The van der Waals surface area contributed by atoms with Crippen LogP contribution < -0.4 is 10.6 Å². The number of aliphatic hydroxyl groups is 1. The van der Waals surface area contributed by atoms with Crippen molar-refractivity contribution in [2.24, 2.45) is 5.41 Å². The number of benzene rings is 1. The molecule has 1 aliphatic heterocycles.